The Morgan fingerprint density at radius 3 is 2.50 bits per heavy atom. The van der Waals surface area contributed by atoms with Gasteiger partial charge < -0.3 is 6.15 Å². The summed E-state index contributed by atoms with van der Waals surface area (Å²) in [4.78, 5) is 0. The second-order valence-electron chi connectivity index (χ2n) is 2.90. The summed E-state index contributed by atoms with van der Waals surface area (Å²) in [6.45, 7) is 0.858. The van der Waals surface area contributed by atoms with Crippen LogP contribution in [-0.2, 0) is 25.4 Å². The fraction of sp³-hybridized carbons (Fsp3) is 1.00. The van der Waals surface area contributed by atoms with Gasteiger partial charge >= 0.3 is 65.3 Å². The van der Waals surface area contributed by atoms with E-state index in [4.69, 9.17) is 4.74 Å². The molecule has 1 saturated heterocycles. The Kier molecular flexibility index (Phi) is 4.69. The van der Waals surface area contributed by atoms with Crippen LogP contribution in [-0.4, -0.2) is 20.7 Å². The molecule has 5 heteroatoms. The van der Waals surface area contributed by atoms with Gasteiger partial charge in [-0.1, -0.05) is 0 Å². The van der Waals surface area contributed by atoms with Gasteiger partial charge in [0.1, 0.15) is 0 Å². The Bertz CT molecular complexity index is 116. The van der Waals surface area contributed by atoms with E-state index in [1.165, 1.54) is 12.8 Å². The predicted molar refractivity (Wildman–Crippen MR) is 38.2 cm³/mol. The van der Waals surface area contributed by atoms with Gasteiger partial charge in [-0.15, -0.1) is 0 Å². The van der Waals surface area contributed by atoms with Gasteiger partial charge in [-0.2, -0.15) is 0 Å². The Labute approximate surface area is 71.8 Å². The Morgan fingerprint density at radius 1 is 1.50 bits per heavy atom. The van der Waals surface area contributed by atoms with E-state index in [9.17, 15) is 3.57 Å². The van der Waals surface area contributed by atoms with Crippen molar-refractivity contribution in [2.24, 2.45) is 0 Å². The summed E-state index contributed by atoms with van der Waals surface area (Å²) in [6, 6.07) is 0. The van der Waals surface area contributed by atoms with Crippen molar-refractivity contribution in [2.45, 2.75) is 23.1 Å². The van der Waals surface area contributed by atoms with Crippen molar-refractivity contribution in [3.05, 3.63) is 0 Å². The first-order valence-electron chi connectivity index (χ1n) is 3.49. The summed E-state index contributed by atoms with van der Waals surface area (Å²) in [5, 5.41) is 0. The SMILES string of the molecule is N.[O]=[Zn][C]1([SiH3])CCCCO1. The monoisotopic (exact) mass is 212 g/mol. The third kappa shape index (κ3) is 2.66. The number of rotatable bonds is 1. The third-order valence-electron chi connectivity index (χ3n) is 1.86. The summed E-state index contributed by atoms with van der Waals surface area (Å²) in [5.74, 6) is 0. The Hall–Kier alpha value is 0.560. The van der Waals surface area contributed by atoms with E-state index < -0.39 is 17.1 Å². The van der Waals surface area contributed by atoms with Gasteiger partial charge in [-0.3, -0.25) is 0 Å². The molecule has 1 unspecified atom stereocenters. The third-order valence-corrected chi connectivity index (χ3v) is 6.60. The van der Waals surface area contributed by atoms with Crippen molar-refractivity contribution in [2.75, 3.05) is 6.61 Å². The summed E-state index contributed by atoms with van der Waals surface area (Å²) in [5.41, 5.74) is 0. The van der Waals surface area contributed by atoms with Crippen molar-refractivity contribution >= 4 is 10.2 Å². The van der Waals surface area contributed by atoms with Crippen LogP contribution in [0.5, 0.6) is 0 Å². The molecule has 1 heterocycles. The quantitative estimate of drug-likeness (QED) is 0.614. The molecule has 0 saturated carbocycles. The van der Waals surface area contributed by atoms with E-state index in [1.807, 2.05) is 0 Å². The number of hydrogen-bond acceptors (Lipinski definition) is 3. The first-order valence-corrected chi connectivity index (χ1v) is 7.18. The van der Waals surface area contributed by atoms with Crippen LogP contribution in [0, 0.1) is 0 Å². The molecule has 1 aliphatic rings. The van der Waals surface area contributed by atoms with Crippen molar-refractivity contribution in [3.8, 4) is 0 Å². The molecular weight excluding hydrogens is 200 g/mol. The zero-order valence-corrected chi connectivity index (χ0v) is 11.5. The standard InChI is InChI=1S/C5H11OSi.H3N.O.Zn/c7-5-3-1-2-4-6-5;;;/h1-4H2,7H3;1H3;;. The molecule has 10 heavy (non-hydrogen) atoms. The van der Waals surface area contributed by atoms with E-state index in [1.54, 1.807) is 0 Å². The second kappa shape index (κ2) is 4.44. The molecule has 1 aliphatic heterocycles. The van der Waals surface area contributed by atoms with E-state index in [0.29, 0.717) is 0 Å². The van der Waals surface area contributed by atoms with Crippen molar-refractivity contribution in [3.63, 3.8) is 0 Å². The zero-order chi connectivity index (χ0) is 6.74. The molecule has 0 amide bonds. The van der Waals surface area contributed by atoms with E-state index in [-0.39, 0.29) is 9.97 Å². The molecule has 0 aromatic carbocycles. The average Bonchev–Trinajstić information content (AvgIpc) is 1.90. The first-order chi connectivity index (χ1) is 4.27. The number of hydrogen-bond donors (Lipinski definition) is 1. The van der Waals surface area contributed by atoms with Crippen LogP contribution >= 0.6 is 0 Å². The van der Waals surface area contributed by atoms with Crippen molar-refractivity contribution in [1.29, 1.82) is 0 Å². The summed E-state index contributed by atoms with van der Waals surface area (Å²) < 4.78 is 16.1. The molecule has 3 N–H and O–H groups in total. The van der Waals surface area contributed by atoms with Crippen LogP contribution in [0.15, 0.2) is 0 Å². The predicted octanol–water partition coefficient (Wildman–Crippen LogP) is -0.204. The summed E-state index contributed by atoms with van der Waals surface area (Å²) in [6.07, 6.45) is 3.49. The van der Waals surface area contributed by atoms with E-state index in [0.717, 1.165) is 23.3 Å². The minimum atomic E-state index is -1.53. The van der Waals surface area contributed by atoms with Gasteiger partial charge in [0.25, 0.3) is 0 Å². The van der Waals surface area contributed by atoms with Gasteiger partial charge in [0.2, 0.25) is 0 Å². The fourth-order valence-electron chi connectivity index (χ4n) is 1.11. The van der Waals surface area contributed by atoms with Crippen LogP contribution in [0.4, 0.5) is 0 Å². The molecule has 0 aliphatic carbocycles. The summed E-state index contributed by atoms with van der Waals surface area (Å²) in [7, 11) is 0.979. The minimum absolute atomic E-state index is 0. The van der Waals surface area contributed by atoms with Crippen LogP contribution < -0.4 is 6.15 Å². The molecule has 57 valence electrons. The van der Waals surface area contributed by atoms with Gasteiger partial charge in [0.15, 0.2) is 0 Å². The normalized spacial score (nSPS) is 32.4. The Morgan fingerprint density at radius 2 is 2.20 bits per heavy atom. The first kappa shape index (κ1) is 10.6. The molecule has 0 aromatic rings. The molecule has 3 nitrogen and oxygen atoms in total. The molecule has 1 atom stereocenters. The molecular formula is C5H14NO2SiZn. The zero-order valence-electron chi connectivity index (χ0n) is 6.56. The molecule has 0 radical (unpaired) electrons. The molecule has 0 aromatic heterocycles. The molecule has 1 rings (SSSR count). The molecule has 0 bridgehead atoms. The van der Waals surface area contributed by atoms with Crippen LogP contribution in [0.3, 0.4) is 0 Å². The summed E-state index contributed by atoms with van der Waals surface area (Å²) >= 11 is -1.53. The van der Waals surface area contributed by atoms with Crippen molar-refractivity contribution < 1.29 is 25.4 Å². The van der Waals surface area contributed by atoms with Gasteiger partial charge in [-0.25, -0.2) is 0 Å². The second-order valence-corrected chi connectivity index (χ2v) is 11.4. The van der Waals surface area contributed by atoms with Gasteiger partial charge in [0.05, 0.1) is 0 Å². The Balaban J connectivity index is 0.000000810. The van der Waals surface area contributed by atoms with Crippen LogP contribution in [0.1, 0.15) is 19.3 Å². The maximum absolute atomic E-state index is 10.7. The molecule has 0 spiro atoms. The topological polar surface area (TPSA) is 61.3 Å². The van der Waals surface area contributed by atoms with Gasteiger partial charge in [-0.05, 0) is 0 Å². The molecule has 1 fully saturated rings. The fourth-order valence-corrected chi connectivity index (χ4v) is 2.97. The van der Waals surface area contributed by atoms with Gasteiger partial charge in [0, 0.05) is 0 Å². The van der Waals surface area contributed by atoms with E-state index in [2.05, 4.69) is 0 Å². The van der Waals surface area contributed by atoms with Crippen LogP contribution in [0.2, 0.25) is 0 Å². The van der Waals surface area contributed by atoms with Crippen molar-refractivity contribution in [1.82, 2.24) is 6.15 Å². The van der Waals surface area contributed by atoms with Crippen LogP contribution in [0.25, 0.3) is 0 Å². The maximum atomic E-state index is 10.7. The number of ether oxygens (including phenoxy) is 1. The van der Waals surface area contributed by atoms with E-state index >= 15 is 0 Å². The average molecular weight is 214 g/mol.